The molecule has 0 fully saturated rings. The molecule has 0 amide bonds. The van der Waals surface area contributed by atoms with Crippen molar-refractivity contribution in [2.45, 2.75) is 43.9 Å². The quantitative estimate of drug-likeness (QED) is 0.345. The minimum absolute atomic E-state index is 0.0767. The minimum atomic E-state index is 0.0767. The largest absolute Gasteiger partial charge is 0.113 e. The summed E-state index contributed by atoms with van der Waals surface area (Å²) >= 11 is 0. The molecule has 0 spiro atoms. The highest BCUT2D eigenvalue weighted by atomic mass is 14.4. The van der Waals surface area contributed by atoms with Crippen LogP contribution in [0.1, 0.15) is 49.7 Å². The number of fused-ring (bicyclic) bond motifs is 3. The van der Waals surface area contributed by atoms with Crippen LogP contribution in [0.4, 0.5) is 0 Å². The van der Waals surface area contributed by atoms with Gasteiger partial charge in [-0.05, 0) is 60.8 Å². The molecule has 2 aromatic carbocycles. The third-order valence-electron chi connectivity index (χ3n) is 5.32. The molecule has 120 valence electrons. The van der Waals surface area contributed by atoms with Crippen molar-refractivity contribution in [1.82, 2.24) is 0 Å². The summed E-state index contributed by atoms with van der Waals surface area (Å²) < 4.78 is 0. The van der Waals surface area contributed by atoms with Crippen molar-refractivity contribution in [3.8, 4) is 11.1 Å². The standard InChI is InChI=1S/C23H25B/c1-3-5-9-15-23(16-10-6-4-2)21-12-8-7-11-19(21)20-14-13-18(24)17-22(20)23/h3-4,7-8,11-14,17H,1-2,5-6,9-10,15-16H2. The highest BCUT2D eigenvalue weighted by Crippen LogP contribution is 2.53. The van der Waals surface area contributed by atoms with Crippen molar-refractivity contribution in [1.29, 1.82) is 0 Å². The molecule has 2 radical (unpaired) electrons. The summed E-state index contributed by atoms with van der Waals surface area (Å²) in [6, 6.07) is 15.3. The number of benzene rings is 2. The molecule has 24 heavy (non-hydrogen) atoms. The first-order valence-corrected chi connectivity index (χ1v) is 8.94. The Morgan fingerprint density at radius 3 is 2.12 bits per heavy atom. The number of hydrogen-bond acceptors (Lipinski definition) is 0. The summed E-state index contributed by atoms with van der Waals surface area (Å²) in [7, 11) is 6.16. The lowest BCUT2D eigenvalue weighted by Gasteiger charge is -2.33. The predicted molar refractivity (Wildman–Crippen MR) is 106 cm³/mol. The van der Waals surface area contributed by atoms with E-state index in [9.17, 15) is 0 Å². The number of allylic oxidation sites excluding steroid dienone is 2. The molecular weight excluding hydrogens is 287 g/mol. The first-order valence-electron chi connectivity index (χ1n) is 8.94. The number of rotatable bonds is 8. The highest BCUT2D eigenvalue weighted by Gasteiger charge is 2.41. The molecule has 0 saturated heterocycles. The summed E-state index contributed by atoms with van der Waals surface area (Å²) in [6.45, 7) is 7.78. The smallest absolute Gasteiger partial charge is 0.103 e. The Morgan fingerprint density at radius 2 is 1.46 bits per heavy atom. The van der Waals surface area contributed by atoms with E-state index in [1.165, 1.54) is 22.3 Å². The maximum absolute atomic E-state index is 6.16. The summed E-state index contributed by atoms with van der Waals surface area (Å²) in [5.41, 5.74) is 6.56. The van der Waals surface area contributed by atoms with E-state index in [0.717, 1.165) is 44.0 Å². The van der Waals surface area contributed by atoms with Gasteiger partial charge in [-0.25, -0.2) is 0 Å². The monoisotopic (exact) mass is 312 g/mol. The van der Waals surface area contributed by atoms with E-state index in [2.05, 4.69) is 49.6 Å². The van der Waals surface area contributed by atoms with Gasteiger partial charge >= 0.3 is 0 Å². The van der Waals surface area contributed by atoms with Gasteiger partial charge < -0.3 is 0 Å². The van der Waals surface area contributed by atoms with Crippen LogP contribution < -0.4 is 5.46 Å². The average molecular weight is 312 g/mol. The van der Waals surface area contributed by atoms with E-state index < -0.39 is 0 Å². The van der Waals surface area contributed by atoms with Crippen molar-refractivity contribution in [3.05, 3.63) is 78.9 Å². The average Bonchev–Trinajstić information content (AvgIpc) is 2.86. The van der Waals surface area contributed by atoms with E-state index in [1.54, 1.807) is 0 Å². The third-order valence-corrected chi connectivity index (χ3v) is 5.32. The molecule has 0 unspecified atom stereocenters. The normalized spacial score (nSPS) is 14.0. The molecule has 0 nitrogen and oxygen atoms in total. The number of hydrogen-bond donors (Lipinski definition) is 0. The van der Waals surface area contributed by atoms with E-state index in [1.807, 2.05) is 18.2 Å². The zero-order valence-corrected chi connectivity index (χ0v) is 14.4. The SMILES string of the molecule is [B]c1ccc2c(c1)C(CCCC=C)(CCCC=C)c1ccccc1-2. The first kappa shape index (κ1) is 16.8. The maximum Gasteiger partial charge on any atom is 0.113 e. The lowest BCUT2D eigenvalue weighted by atomic mass is 9.70. The van der Waals surface area contributed by atoms with Crippen molar-refractivity contribution < 1.29 is 0 Å². The van der Waals surface area contributed by atoms with Crippen LogP contribution in [0.15, 0.2) is 67.8 Å². The van der Waals surface area contributed by atoms with Crippen molar-refractivity contribution in [3.63, 3.8) is 0 Å². The lowest BCUT2D eigenvalue weighted by Crippen LogP contribution is -2.26. The van der Waals surface area contributed by atoms with Gasteiger partial charge in [-0.15, -0.1) is 13.2 Å². The van der Waals surface area contributed by atoms with Crippen LogP contribution in [0, 0.1) is 0 Å². The van der Waals surface area contributed by atoms with Crippen molar-refractivity contribution in [2.75, 3.05) is 0 Å². The van der Waals surface area contributed by atoms with E-state index in [4.69, 9.17) is 7.85 Å². The molecule has 1 aliphatic rings. The molecule has 1 aliphatic carbocycles. The van der Waals surface area contributed by atoms with Crippen molar-refractivity contribution in [2.24, 2.45) is 0 Å². The fourth-order valence-electron chi connectivity index (χ4n) is 4.23. The van der Waals surface area contributed by atoms with Gasteiger partial charge in [-0.3, -0.25) is 0 Å². The van der Waals surface area contributed by atoms with Gasteiger partial charge in [0.15, 0.2) is 0 Å². The zero-order chi connectivity index (χ0) is 17.0. The van der Waals surface area contributed by atoms with Crippen LogP contribution in [0.3, 0.4) is 0 Å². The second-order valence-corrected chi connectivity index (χ2v) is 6.79. The highest BCUT2D eigenvalue weighted by molar-refractivity contribution is 6.32. The Morgan fingerprint density at radius 1 is 0.833 bits per heavy atom. The van der Waals surface area contributed by atoms with Gasteiger partial charge in [0.25, 0.3) is 0 Å². The van der Waals surface area contributed by atoms with Crippen LogP contribution in [0.25, 0.3) is 11.1 Å². The van der Waals surface area contributed by atoms with Crippen LogP contribution in [-0.2, 0) is 5.41 Å². The predicted octanol–water partition coefficient (Wildman–Crippen LogP) is 5.46. The molecule has 0 heterocycles. The van der Waals surface area contributed by atoms with Crippen molar-refractivity contribution >= 4 is 13.3 Å². The molecule has 2 aromatic rings. The van der Waals surface area contributed by atoms with E-state index in [-0.39, 0.29) is 5.41 Å². The second kappa shape index (κ2) is 7.26. The van der Waals surface area contributed by atoms with Gasteiger partial charge in [-0.2, -0.15) is 0 Å². The van der Waals surface area contributed by atoms with Gasteiger partial charge in [0.2, 0.25) is 0 Å². The molecule has 0 N–H and O–H groups in total. The summed E-state index contributed by atoms with van der Waals surface area (Å²) in [5, 5.41) is 0. The van der Waals surface area contributed by atoms with Gasteiger partial charge in [-0.1, -0.05) is 60.1 Å². The minimum Gasteiger partial charge on any atom is -0.103 e. The van der Waals surface area contributed by atoms with E-state index in [0.29, 0.717) is 0 Å². The number of unbranched alkanes of at least 4 members (excludes halogenated alkanes) is 2. The Kier molecular flexibility index (Phi) is 5.09. The van der Waals surface area contributed by atoms with Crippen LogP contribution >= 0.6 is 0 Å². The maximum atomic E-state index is 6.16. The van der Waals surface area contributed by atoms with Gasteiger partial charge in [0, 0.05) is 5.41 Å². The Bertz CT molecular complexity index is 727. The molecule has 0 aliphatic heterocycles. The molecule has 0 saturated carbocycles. The van der Waals surface area contributed by atoms with E-state index >= 15 is 0 Å². The Hall–Kier alpha value is -2.02. The summed E-state index contributed by atoms with van der Waals surface area (Å²) in [6.07, 6.45) is 10.8. The zero-order valence-electron chi connectivity index (χ0n) is 14.4. The second-order valence-electron chi connectivity index (χ2n) is 6.79. The summed E-state index contributed by atoms with van der Waals surface area (Å²) in [5.74, 6) is 0. The van der Waals surface area contributed by atoms with Crippen LogP contribution in [-0.4, -0.2) is 7.85 Å². The molecule has 0 aromatic heterocycles. The fourth-order valence-corrected chi connectivity index (χ4v) is 4.23. The third kappa shape index (κ3) is 2.88. The Balaban J connectivity index is 2.12. The molecular formula is C23H25B. The lowest BCUT2D eigenvalue weighted by molar-refractivity contribution is 0.422. The van der Waals surface area contributed by atoms with Crippen LogP contribution in [0.5, 0.6) is 0 Å². The summed E-state index contributed by atoms with van der Waals surface area (Å²) in [4.78, 5) is 0. The molecule has 0 atom stereocenters. The van der Waals surface area contributed by atoms with Gasteiger partial charge in [0.05, 0.1) is 0 Å². The Labute approximate surface area is 147 Å². The fraction of sp³-hybridized carbons (Fsp3) is 0.304. The van der Waals surface area contributed by atoms with Gasteiger partial charge in [0.1, 0.15) is 7.85 Å². The van der Waals surface area contributed by atoms with Crippen LogP contribution in [0.2, 0.25) is 0 Å². The molecule has 1 heteroatoms. The molecule has 0 bridgehead atoms. The molecule has 3 rings (SSSR count). The topological polar surface area (TPSA) is 0 Å². The first-order chi connectivity index (χ1) is 11.7.